The second kappa shape index (κ2) is 6.76. The normalized spacial score (nSPS) is 21.6. The monoisotopic (exact) mass is 402 g/mol. The number of rotatable bonds is 4. The highest BCUT2D eigenvalue weighted by Crippen LogP contribution is 2.60. The fourth-order valence-corrected chi connectivity index (χ4v) is 3.05. The molecule has 0 heterocycles. The van der Waals surface area contributed by atoms with Crippen LogP contribution in [0, 0.1) is 28.9 Å². The van der Waals surface area contributed by atoms with Gasteiger partial charge in [0.1, 0.15) is 28.3 Å². The first-order valence-electron chi connectivity index (χ1n) is 7.11. The Morgan fingerprint density at radius 2 is 1.88 bits per heavy atom. The van der Waals surface area contributed by atoms with E-state index in [4.69, 9.17) is 27.9 Å². The first-order chi connectivity index (χ1) is 11.4. The van der Waals surface area contributed by atoms with Crippen molar-refractivity contribution >= 4 is 29.2 Å². The maximum absolute atomic E-state index is 13.9. The number of carbonyl (C=O) groups is 1. The molecule has 1 aliphatic carbocycles. The van der Waals surface area contributed by atoms with E-state index in [0.29, 0.717) is 6.07 Å². The molecule has 1 aliphatic rings. The molecule has 2 unspecified atom stereocenters. The zero-order valence-corrected chi connectivity index (χ0v) is 14.6. The minimum Gasteiger partial charge on any atom is -0.460 e. The summed E-state index contributed by atoms with van der Waals surface area (Å²) in [6, 6.07) is 1.28. The Morgan fingerprint density at radius 1 is 1.28 bits per heavy atom. The Morgan fingerprint density at radius 3 is 2.40 bits per heavy atom. The minimum atomic E-state index is -5.19. The smallest absolute Gasteiger partial charge is 0.422 e. The van der Waals surface area contributed by atoms with Crippen molar-refractivity contribution in [1.29, 1.82) is 0 Å². The summed E-state index contributed by atoms with van der Waals surface area (Å²) >= 11 is 11.1. The van der Waals surface area contributed by atoms with Crippen molar-refractivity contribution in [2.24, 2.45) is 17.3 Å². The number of benzene rings is 1. The van der Waals surface area contributed by atoms with E-state index in [2.05, 4.69) is 0 Å². The van der Waals surface area contributed by atoms with Crippen LogP contribution < -0.4 is 0 Å². The summed E-state index contributed by atoms with van der Waals surface area (Å²) in [7, 11) is 0. The van der Waals surface area contributed by atoms with Gasteiger partial charge in [0.2, 0.25) is 0 Å². The van der Waals surface area contributed by atoms with Crippen LogP contribution >= 0.6 is 23.2 Å². The van der Waals surface area contributed by atoms with E-state index >= 15 is 0 Å². The van der Waals surface area contributed by atoms with Crippen LogP contribution in [0.2, 0.25) is 0 Å². The van der Waals surface area contributed by atoms with E-state index in [1.54, 1.807) is 13.8 Å². The molecule has 9 heteroatoms. The van der Waals surface area contributed by atoms with Gasteiger partial charge in [0.25, 0.3) is 0 Å². The SMILES string of the molecule is CC1(C)C(C=C(Cl)Cl)C1C(=O)OCc1ccc(F)c(C(F)(F)F)c1F. The summed E-state index contributed by atoms with van der Waals surface area (Å²) in [5.74, 6) is -5.15. The van der Waals surface area contributed by atoms with Crippen molar-refractivity contribution in [2.75, 3.05) is 0 Å². The fraction of sp³-hybridized carbons (Fsp3) is 0.438. The molecule has 0 aromatic heterocycles. The highest BCUT2D eigenvalue weighted by atomic mass is 35.5. The van der Waals surface area contributed by atoms with Gasteiger partial charge in [-0.2, -0.15) is 13.2 Å². The third-order valence-electron chi connectivity index (χ3n) is 4.29. The predicted molar refractivity (Wildman–Crippen MR) is 81.7 cm³/mol. The van der Waals surface area contributed by atoms with Gasteiger partial charge in [0.05, 0.1) is 5.92 Å². The Labute approximate surface area is 150 Å². The summed E-state index contributed by atoms with van der Waals surface area (Å²) in [4.78, 5) is 12.1. The summed E-state index contributed by atoms with van der Waals surface area (Å²) in [6.45, 7) is 2.78. The first kappa shape index (κ1) is 20.0. The molecule has 1 fully saturated rings. The number of hydrogen-bond acceptors (Lipinski definition) is 2. The molecule has 0 aliphatic heterocycles. The van der Waals surface area contributed by atoms with Crippen LogP contribution in [0.4, 0.5) is 22.0 Å². The summed E-state index contributed by atoms with van der Waals surface area (Å²) < 4.78 is 70.1. The Balaban J connectivity index is 2.13. The van der Waals surface area contributed by atoms with Gasteiger partial charge in [-0.1, -0.05) is 37.0 Å². The number of alkyl halides is 3. The molecule has 0 saturated heterocycles. The third kappa shape index (κ3) is 4.08. The van der Waals surface area contributed by atoms with E-state index in [1.807, 2.05) is 0 Å². The molecule has 1 aromatic rings. The zero-order chi connectivity index (χ0) is 19.2. The fourth-order valence-electron chi connectivity index (χ4n) is 2.78. The first-order valence-corrected chi connectivity index (χ1v) is 7.86. The largest absolute Gasteiger partial charge is 0.460 e. The van der Waals surface area contributed by atoms with Crippen LogP contribution in [0.3, 0.4) is 0 Å². The number of carbonyl (C=O) groups excluding carboxylic acids is 1. The number of hydrogen-bond donors (Lipinski definition) is 0. The van der Waals surface area contributed by atoms with Crippen LogP contribution in [0.15, 0.2) is 22.7 Å². The standard InChI is InChI=1S/C16H13Cl2F5O2/c1-15(2)8(5-10(17)18)11(15)14(24)25-6-7-3-4-9(19)12(13(7)20)16(21,22)23/h3-5,8,11H,6H2,1-2H3. The van der Waals surface area contributed by atoms with Crippen LogP contribution in [-0.2, 0) is 22.3 Å². The number of allylic oxidation sites excluding steroid dienone is 1. The van der Waals surface area contributed by atoms with Gasteiger partial charge in [0, 0.05) is 5.56 Å². The number of ether oxygens (including phenoxy) is 1. The summed E-state index contributed by atoms with van der Waals surface area (Å²) in [5, 5.41) is 0. The zero-order valence-electron chi connectivity index (χ0n) is 13.1. The summed E-state index contributed by atoms with van der Waals surface area (Å²) in [5.41, 5.74) is -3.07. The van der Waals surface area contributed by atoms with Crippen molar-refractivity contribution in [3.05, 3.63) is 45.5 Å². The molecule has 1 aromatic carbocycles. The van der Waals surface area contributed by atoms with E-state index in [9.17, 15) is 26.7 Å². The molecule has 2 atom stereocenters. The van der Waals surface area contributed by atoms with Crippen LogP contribution in [-0.4, -0.2) is 5.97 Å². The second-order valence-corrected chi connectivity index (χ2v) is 7.29. The van der Waals surface area contributed by atoms with Crippen LogP contribution in [0.1, 0.15) is 25.0 Å². The van der Waals surface area contributed by atoms with Gasteiger partial charge < -0.3 is 4.74 Å². The highest BCUT2D eigenvalue weighted by Gasteiger charge is 2.61. The molecule has 2 rings (SSSR count). The molecule has 0 amide bonds. The molecule has 25 heavy (non-hydrogen) atoms. The average molecular weight is 403 g/mol. The van der Waals surface area contributed by atoms with Crippen molar-refractivity contribution in [2.45, 2.75) is 26.6 Å². The van der Waals surface area contributed by atoms with E-state index in [-0.39, 0.29) is 10.4 Å². The lowest BCUT2D eigenvalue weighted by Gasteiger charge is -2.13. The van der Waals surface area contributed by atoms with Gasteiger partial charge in [-0.25, -0.2) is 8.78 Å². The molecular formula is C16H13Cl2F5O2. The van der Waals surface area contributed by atoms with Crippen LogP contribution in [0.25, 0.3) is 0 Å². The van der Waals surface area contributed by atoms with Gasteiger partial charge >= 0.3 is 12.1 Å². The predicted octanol–water partition coefficient (Wildman–Crippen LogP) is 5.62. The number of halogens is 7. The van der Waals surface area contributed by atoms with Crippen molar-refractivity contribution in [3.8, 4) is 0 Å². The molecule has 1 saturated carbocycles. The Kier molecular flexibility index (Phi) is 5.40. The molecule has 0 radical (unpaired) electrons. The van der Waals surface area contributed by atoms with E-state index in [1.165, 1.54) is 6.08 Å². The molecular weight excluding hydrogens is 390 g/mol. The van der Waals surface area contributed by atoms with Crippen molar-refractivity contribution < 1.29 is 31.5 Å². The Hall–Kier alpha value is -1.34. The quantitative estimate of drug-likeness (QED) is 0.482. The molecule has 138 valence electrons. The maximum atomic E-state index is 13.9. The Bertz CT molecular complexity index is 724. The summed E-state index contributed by atoms with van der Waals surface area (Å²) in [6.07, 6.45) is -3.73. The van der Waals surface area contributed by atoms with Crippen molar-refractivity contribution in [1.82, 2.24) is 0 Å². The third-order valence-corrected chi connectivity index (χ3v) is 4.55. The minimum absolute atomic E-state index is 0.0206. The van der Waals surface area contributed by atoms with Gasteiger partial charge in [0.15, 0.2) is 0 Å². The highest BCUT2D eigenvalue weighted by molar-refractivity contribution is 6.55. The molecule has 0 N–H and O–H groups in total. The lowest BCUT2D eigenvalue weighted by atomic mass is 10.1. The lowest BCUT2D eigenvalue weighted by Crippen LogP contribution is -2.15. The molecule has 0 spiro atoms. The second-order valence-electron chi connectivity index (χ2n) is 6.28. The average Bonchev–Trinajstić information content (AvgIpc) is 2.96. The topological polar surface area (TPSA) is 26.3 Å². The van der Waals surface area contributed by atoms with E-state index in [0.717, 1.165) is 6.07 Å². The maximum Gasteiger partial charge on any atom is 0.422 e. The van der Waals surface area contributed by atoms with Gasteiger partial charge in [-0.05, 0) is 29.5 Å². The lowest BCUT2D eigenvalue weighted by molar-refractivity contribution is -0.147. The van der Waals surface area contributed by atoms with Gasteiger partial charge in [-0.3, -0.25) is 4.79 Å². The van der Waals surface area contributed by atoms with Crippen molar-refractivity contribution in [3.63, 3.8) is 0 Å². The molecule has 0 bridgehead atoms. The molecule has 2 nitrogen and oxygen atoms in total. The van der Waals surface area contributed by atoms with E-state index < -0.39 is 52.8 Å². The van der Waals surface area contributed by atoms with Crippen LogP contribution in [0.5, 0.6) is 0 Å². The number of esters is 1. The van der Waals surface area contributed by atoms with Gasteiger partial charge in [-0.15, -0.1) is 0 Å².